The van der Waals surface area contributed by atoms with Crippen LogP contribution in [0.25, 0.3) is 0 Å². The largest absolute Gasteiger partial charge is 0.383 e. The predicted octanol–water partition coefficient (Wildman–Crippen LogP) is 2.66. The van der Waals surface area contributed by atoms with Crippen LogP contribution in [0, 0.1) is 12.7 Å². The van der Waals surface area contributed by atoms with Crippen molar-refractivity contribution in [1.82, 2.24) is 5.32 Å². The molecule has 0 aliphatic carbocycles. The number of amides is 2. The number of carbonyl (C=O) groups excluding carboxylic acids is 1. The summed E-state index contributed by atoms with van der Waals surface area (Å²) in [4.78, 5) is 11.4. The maximum absolute atomic E-state index is 13.3. The van der Waals surface area contributed by atoms with Gasteiger partial charge < -0.3 is 15.4 Å². The molecule has 0 atom stereocenters. The second kappa shape index (κ2) is 6.56. The number of hydrogen-bond donors (Lipinski definition) is 2. The standard InChI is InChI=1S/C11H14BrFN2O2/c1-7-5-8(12)9(13)6-10(7)15-11(16)14-3-4-17-2/h5-6H,3-4H2,1-2H3,(H2,14,15,16). The lowest BCUT2D eigenvalue weighted by atomic mass is 10.2. The summed E-state index contributed by atoms with van der Waals surface area (Å²) in [6.07, 6.45) is 0. The van der Waals surface area contributed by atoms with E-state index < -0.39 is 5.82 Å². The highest BCUT2D eigenvalue weighted by Crippen LogP contribution is 2.23. The summed E-state index contributed by atoms with van der Waals surface area (Å²) in [7, 11) is 1.55. The van der Waals surface area contributed by atoms with Crippen LogP contribution in [0.4, 0.5) is 14.9 Å². The molecule has 0 saturated carbocycles. The summed E-state index contributed by atoms with van der Waals surface area (Å²) in [5.41, 5.74) is 1.22. The minimum Gasteiger partial charge on any atom is -0.383 e. The molecule has 2 N–H and O–H groups in total. The Morgan fingerprint density at radius 3 is 2.88 bits per heavy atom. The molecule has 17 heavy (non-hydrogen) atoms. The number of urea groups is 1. The highest BCUT2D eigenvalue weighted by Gasteiger charge is 2.07. The predicted molar refractivity (Wildman–Crippen MR) is 67.7 cm³/mol. The summed E-state index contributed by atoms with van der Waals surface area (Å²) in [6, 6.07) is 2.50. The van der Waals surface area contributed by atoms with Crippen molar-refractivity contribution in [2.45, 2.75) is 6.92 Å². The Labute approximate surface area is 108 Å². The zero-order chi connectivity index (χ0) is 12.8. The molecule has 6 heteroatoms. The van der Waals surface area contributed by atoms with Crippen molar-refractivity contribution < 1.29 is 13.9 Å². The van der Waals surface area contributed by atoms with Gasteiger partial charge in [-0.15, -0.1) is 0 Å². The van der Waals surface area contributed by atoms with Crippen LogP contribution in [-0.2, 0) is 4.74 Å². The summed E-state index contributed by atoms with van der Waals surface area (Å²) in [5, 5.41) is 5.15. The van der Waals surface area contributed by atoms with Gasteiger partial charge in [-0.05, 0) is 40.5 Å². The summed E-state index contributed by atoms with van der Waals surface area (Å²) in [6.45, 7) is 2.62. The second-order valence-corrected chi connectivity index (χ2v) is 4.31. The lowest BCUT2D eigenvalue weighted by Crippen LogP contribution is -2.31. The molecule has 94 valence electrons. The van der Waals surface area contributed by atoms with Crippen LogP contribution >= 0.6 is 15.9 Å². The van der Waals surface area contributed by atoms with Crippen molar-refractivity contribution in [3.8, 4) is 0 Å². The Bertz CT molecular complexity index is 413. The van der Waals surface area contributed by atoms with Crippen molar-refractivity contribution >= 4 is 27.6 Å². The van der Waals surface area contributed by atoms with Crippen LogP contribution in [0.1, 0.15) is 5.56 Å². The number of methoxy groups -OCH3 is 1. The van der Waals surface area contributed by atoms with E-state index in [0.29, 0.717) is 23.3 Å². The lowest BCUT2D eigenvalue weighted by molar-refractivity contribution is 0.198. The van der Waals surface area contributed by atoms with Gasteiger partial charge in [-0.25, -0.2) is 9.18 Å². The maximum atomic E-state index is 13.3. The number of hydrogen-bond acceptors (Lipinski definition) is 2. The fraction of sp³-hybridized carbons (Fsp3) is 0.364. The zero-order valence-electron chi connectivity index (χ0n) is 9.64. The minimum atomic E-state index is -0.414. The smallest absolute Gasteiger partial charge is 0.319 e. The van der Waals surface area contributed by atoms with Crippen LogP contribution in [0.2, 0.25) is 0 Å². The van der Waals surface area contributed by atoms with Gasteiger partial charge in [-0.1, -0.05) is 0 Å². The van der Waals surface area contributed by atoms with E-state index in [1.54, 1.807) is 20.1 Å². The number of aryl methyl sites for hydroxylation is 1. The molecule has 0 radical (unpaired) electrons. The highest BCUT2D eigenvalue weighted by atomic mass is 79.9. The third-order valence-electron chi connectivity index (χ3n) is 2.11. The molecule has 0 bridgehead atoms. The van der Waals surface area contributed by atoms with Gasteiger partial charge in [0.2, 0.25) is 0 Å². The van der Waals surface area contributed by atoms with Crippen molar-refractivity contribution in [3.63, 3.8) is 0 Å². The molecule has 2 amide bonds. The Hall–Kier alpha value is -1.14. The summed E-state index contributed by atoms with van der Waals surface area (Å²) < 4.78 is 18.4. The van der Waals surface area contributed by atoms with Crippen molar-refractivity contribution in [2.24, 2.45) is 0 Å². The molecule has 1 aromatic rings. The number of carbonyl (C=O) groups is 1. The van der Waals surface area contributed by atoms with E-state index in [0.717, 1.165) is 5.56 Å². The van der Waals surface area contributed by atoms with Gasteiger partial charge in [0.25, 0.3) is 0 Å². The number of rotatable bonds is 4. The molecule has 0 aliphatic heterocycles. The van der Waals surface area contributed by atoms with E-state index in [-0.39, 0.29) is 6.03 Å². The summed E-state index contributed by atoms with van der Waals surface area (Å²) >= 11 is 3.08. The number of anilines is 1. The first-order valence-corrected chi connectivity index (χ1v) is 5.83. The van der Waals surface area contributed by atoms with E-state index in [2.05, 4.69) is 26.6 Å². The molecule has 0 aliphatic rings. The van der Waals surface area contributed by atoms with Gasteiger partial charge in [0.05, 0.1) is 11.1 Å². The van der Waals surface area contributed by atoms with Crippen LogP contribution in [0.5, 0.6) is 0 Å². The van der Waals surface area contributed by atoms with E-state index in [1.807, 2.05) is 0 Å². The maximum Gasteiger partial charge on any atom is 0.319 e. The van der Waals surface area contributed by atoms with Gasteiger partial charge in [0.1, 0.15) is 5.82 Å². The van der Waals surface area contributed by atoms with Crippen LogP contribution in [0.15, 0.2) is 16.6 Å². The van der Waals surface area contributed by atoms with Crippen molar-refractivity contribution in [3.05, 3.63) is 28.0 Å². The zero-order valence-corrected chi connectivity index (χ0v) is 11.2. The fourth-order valence-corrected chi connectivity index (χ4v) is 1.67. The van der Waals surface area contributed by atoms with Crippen LogP contribution in [0.3, 0.4) is 0 Å². The molecule has 0 spiro atoms. The molecule has 0 heterocycles. The SMILES string of the molecule is COCCNC(=O)Nc1cc(F)c(Br)cc1C. The molecule has 0 saturated heterocycles. The van der Waals surface area contributed by atoms with E-state index in [4.69, 9.17) is 4.74 Å². The number of nitrogens with one attached hydrogen (secondary N) is 2. The number of halogens is 2. The average Bonchev–Trinajstić information content (AvgIpc) is 2.26. The number of benzene rings is 1. The van der Waals surface area contributed by atoms with Crippen LogP contribution in [-0.4, -0.2) is 26.3 Å². The Morgan fingerprint density at radius 2 is 2.24 bits per heavy atom. The van der Waals surface area contributed by atoms with Gasteiger partial charge in [0.15, 0.2) is 0 Å². The second-order valence-electron chi connectivity index (χ2n) is 3.45. The molecular weight excluding hydrogens is 291 g/mol. The quantitative estimate of drug-likeness (QED) is 0.840. The first kappa shape index (κ1) is 13.9. The first-order valence-electron chi connectivity index (χ1n) is 5.04. The van der Waals surface area contributed by atoms with Gasteiger partial charge in [-0.2, -0.15) is 0 Å². The minimum absolute atomic E-state index is 0.375. The number of ether oxygens (including phenoxy) is 1. The van der Waals surface area contributed by atoms with E-state index in [9.17, 15) is 9.18 Å². The van der Waals surface area contributed by atoms with Gasteiger partial charge >= 0.3 is 6.03 Å². The lowest BCUT2D eigenvalue weighted by Gasteiger charge is -2.10. The van der Waals surface area contributed by atoms with Crippen LogP contribution < -0.4 is 10.6 Å². The van der Waals surface area contributed by atoms with Gasteiger partial charge in [0, 0.05) is 19.3 Å². The van der Waals surface area contributed by atoms with E-state index in [1.165, 1.54) is 6.07 Å². The molecular formula is C11H14BrFN2O2. The Balaban J connectivity index is 2.62. The van der Waals surface area contributed by atoms with E-state index >= 15 is 0 Å². The monoisotopic (exact) mass is 304 g/mol. The molecule has 4 nitrogen and oxygen atoms in total. The third-order valence-corrected chi connectivity index (χ3v) is 2.71. The normalized spacial score (nSPS) is 10.1. The summed E-state index contributed by atoms with van der Waals surface area (Å²) in [5.74, 6) is -0.414. The highest BCUT2D eigenvalue weighted by molar-refractivity contribution is 9.10. The Kier molecular flexibility index (Phi) is 5.37. The Morgan fingerprint density at radius 1 is 1.53 bits per heavy atom. The molecule has 1 rings (SSSR count). The van der Waals surface area contributed by atoms with Gasteiger partial charge in [-0.3, -0.25) is 0 Å². The molecule has 0 aromatic heterocycles. The fourth-order valence-electron chi connectivity index (χ4n) is 1.21. The molecule has 0 fully saturated rings. The third kappa shape index (κ3) is 4.32. The van der Waals surface area contributed by atoms with Crippen molar-refractivity contribution in [2.75, 3.05) is 25.6 Å². The molecule has 1 aromatic carbocycles. The van der Waals surface area contributed by atoms with Crippen molar-refractivity contribution in [1.29, 1.82) is 0 Å². The first-order chi connectivity index (χ1) is 8.04. The average molecular weight is 305 g/mol. The topological polar surface area (TPSA) is 50.4 Å². The molecule has 0 unspecified atom stereocenters.